The number of anilines is 1. The molecule has 1 heterocycles. The highest BCUT2D eigenvalue weighted by Gasteiger charge is 2.56. The average Bonchev–Trinajstić information content (AvgIpc) is 3.54. The summed E-state index contributed by atoms with van der Waals surface area (Å²) in [6.45, 7) is 10.5. The summed E-state index contributed by atoms with van der Waals surface area (Å²) in [4.78, 5) is 56.0. The zero-order valence-corrected chi connectivity index (χ0v) is 35.1. The maximum atomic E-state index is 14.2. The molecule has 3 aromatic carbocycles. The standard InChI is InChI=1S/C45H56ClN5O6/c1-26-37-21-32(45(37,3)4)22-38(26)48-44(55)41-40(27(2)53)39(25-52)57-51(41)23-29-11-10-12-36(42(29)56-9)30-18-31(20-35(19-30)50(7)8)43(54)47-34(24-49(5)6)17-28-13-15-33(46)16-14-28/h10-16,18-20,32,37-41,52H,1,17,21-25H2,2-9H3,(H,48,55)/t32-,37+,38+,39+,40-,41+/m1/s1. The molecular weight excluding hydrogens is 742 g/mol. The third kappa shape index (κ3) is 8.88. The van der Waals surface area contributed by atoms with E-state index in [9.17, 15) is 19.5 Å². The van der Waals surface area contributed by atoms with Gasteiger partial charge in [0.1, 0.15) is 23.7 Å². The Balaban J connectivity index is 1.31. The summed E-state index contributed by atoms with van der Waals surface area (Å²) >= 11 is 6.12. The van der Waals surface area contributed by atoms with Crippen molar-refractivity contribution in [1.82, 2.24) is 15.3 Å². The number of aliphatic hydroxyl groups is 1. The smallest absolute Gasteiger partial charge is 0.277 e. The normalized spacial score (nSPS) is 24.3. The molecule has 7 rings (SSSR count). The highest BCUT2D eigenvalue weighted by Crippen LogP contribution is 2.60. The Hall–Kier alpha value is -4.39. The number of carbonyl (C=O) groups excluding carboxylic acids is 3. The third-order valence-electron chi connectivity index (χ3n) is 12.1. The van der Waals surface area contributed by atoms with Crippen LogP contribution in [-0.4, -0.2) is 105 Å². The van der Waals surface area contributed by atoms with Crippen LogP contribution in [0, 0.1) is 23.2 Å². The van der Waals surface area contributed by atoms with E-state index in [0.29, 0.717) is 58.0 Å². The minimum atomic E-state index is -0.990. The van der Waals surface area contributed by atoms with Gasteiger partial charge in [0.05, 0.1) is 32.2 Å². The van der Waals surface area contributed by atoms with Gasteiger partial charge in [-0.25, -0.2) is 4.99 Å². The van der Waals surface area contributed by atoms with Crippen LogP contribution in [0.15, 0.2) is 77.8 Å². The SMILES string of the molecule is C=C1[C@@H](NC(=O)[C@@H]2[C@H](C(C)=O)[C@H](CO)ON2Cc2cccc(-c3cc(C(=O)N=C(Cc4ccc(Cl)cc4)CN(C)C)cc(N(C)C)c3)c2OC)C[C@H]2C[C@@H]1C2(C)C. The second-order valence-electron chi connectivity index (χ2n) is 16.8. The number of ketones is 1. The lowest BCUT2D eigenvalue weighted by atomic mass is 9.46. The number of aliphatic hydroxyl groups excluding tert-OH is 1. The van der Waals surface area contributed by atoms with Crippen LogP contribution in [0.3, 0.4) is 0 Å². The molecule has 0 unspecified atom stereocenters. The van der Waals surface area contributed by atoms with Crippen LogP contribution in [0.2, 0.25) is 5.02 Å². The lowest BCUT2D eigenvalue weighted by Gasteiger charge is -2.60. The number of para-hydroxylation sites is 1. The zero-order chi connectivity index (χ0) is 41.3. The van der Waals surface area contributed by atoms with Crippen molar-refractivity contribution in [2.45, 2.75) is 64.8 Å². The minimum absolute atomic E-state index is 0.0846. The number of nitrogens with zero attached hydrogens (tertiary/aromatic N) is 4. The number of nitrogens with one attached hydrogen (secondary N) is 1. The predicted octanol–water partition coefficient (Wildman–Crippen LogP) is 6.26. The van der Waals surface area contributed by atoms with E-state index in [4.69, 9.17) is 21.2 Å². The van der Waals surface area contributed by atoms with Crippen LogP contribution < -0.4 is 15.0 Å². The first-order valence-corrected chi connectivity index (χ1v) is 19.9. The molecule has 57 heavy (non-hydrogen) atoms. The predicted molar refractivity (Wildman–Crippen MR) is 225 cm³/mol. The van der Waals surface area contributed by atoms with E-state index in [1.165, 1.54) is 12.0 Å². The van der Waals surface area contributed by atoms with Gasteiger partial charge in [-0.15, -0.1) is 0 Å². The topological polar surface area (TPSA) is 124 Å². The molecule has 4 fully saturated rings. The Labute approximate surface area is 341 Å². The molecular formula is C45H56ClN5O6. The van der Waals surface area contributed by atoms with Gasteiger partial charge in [0, 0.05) is 60.2 Å². The van der Waals surface area contributed by atoms with Gasteiger partial charge in [-0.1, -0.05) is 67.9 Å². The number of ether oxygens (including phenoxy) is 1. The van der Waals surface area contributed by atoms with Crippen LogP contribution in [0.1, 0.15) is 55.1 Å². The Morgan fingerprint density at radius 1 is 1.07 bits per heavy atom. The lowest BCUT2D eigenvalue weighted by molar-refractivity contribution is -0.182. The number of amides is 2. The van der Waals surface area contributed by atoms with E-state index in [1.54, 1.807) is 7.11 Å². The van der Waals surface area contributed by atoms with E-state index in [1.807, 2.05) is 98.7 Å². The molecule has 6 atom stereocenters. The first kappa shape index (κ1) is 42.2. The molecule has 2 bridgehead atoms. The van der Waals surface area contributed by atoms with Crippen molar-refractivity contribution >= 4 is 40.6 Å². The molecule has 3 saturated carbocycles. The van der Waals surface area contributed by atoms with Crippen molar-refractivity contribution in [3.8, 4) is 16.9 Å². The molecule has 12 heteroatoms. The lowest BCUT2D eigenvalue weighted by Crippen LogP contribution is -2.59. The fourth-order valence-electron chi connectivity index (χ4n) is 8.92. The molecule has 1 aliphatic heterocycles. The fourth-order valence-corrected chi connectivity index (χ4v) is 9.04. The molecule has 0 radical (unpaired) electrons. The average molecular weight is 798 g/mol. The number of hydroxylamine groups is 2. The van der Waals surface area contributed by atoms with Gasteiger partial charge in [0.2, 0.25) is 5.91 Å². The van der Waals surface area contributed by atoms with Crippen molar-refractivity contribution in [2.24, 2.45) is 28.2 Å². The summed E-state index contributed by atoms with van der Waals surface area (Å²) in [6.07, 6.45) is 1.48. The first-order valence-electron chi connectivity index (χ1n) is 19.5. The number of methoxy groups -OCH3 is 1. The monoisotopic (exact) mass is 797 g/mol. The molecule has 2 N–H and O–H groups in total. The van der Waals surface area contributed by atoms with E-state index in [0.717, 1.165) is 35.2 Å². The molecule has 2 amide bonds. The number of aliphatic imine (C=N–C) groups is 1. The van der Waals surface area contributed by atoms with Crippen molar-refractivity contribution < 1.29 is 29.1 Å². The summed E-state index contributed by atoms with van der Waals surface area (Å²) in [5, 5.41) is 15.7. The largest absolute Gasteiger partial charge is 0.496 e. The number of halogens is 1. The number of Topliss-reactive ketones (excluding diaryl/α,β-unsaturated/α-hetero) is 1. The number of carbonyl (C=O) groups is 3. The second kappa shape index (κ2) is 17.2. The van der Waals surface area contributed by atoms with Crippen molar-refractivity contribution in [3.63, 3.8) is 0 Å². The summed E-state index contributed by atoms with van der Waals surface area (Å²) in [7, 11) is 9.27. The van der Waals surface area contributed by atoms with Crippen LogP contribution in [0.4, 0.5) is 5.69 Å². The number of fused-ring (bicyclic) bond motifs is 2. The van der Waals surface area contributed by atoms with E-state index in [2.05, 4.69) is 30.7 Å². The third-order valence-corrected chi connectivity index (χ3v) is 12.4. The molecule has 3 aromatic rings. The molecule has 304 valence electrons. The number of hydrogen-bond acceptors (Lipinski definition) is 9. The van der Waals surface area contributed by atoms with Crippen molar-refractivity contribution in [3.05, 3.63) is 94.5 Å². The van der Waals surface area contributed by atoms with E-state index in [-0.39, 0.29) is 35.6 Å². The Morgan fingerprint density at radius 3 is 2.39 bits per heavy atom. The molecule has 11 nitrogen and oxygen atoms in total. The fraction of sp³-hybridized carbons (Fsp3) is 0.467. The second-order valence-corrected chi connectivity index (χ2v) is 17.3. The Bertz CT molecular complexity index is 2050. The van der Waals surface area contributed by atoms with Crippen LogP contribution in [-0.2, 0) is 27.4 Å². The highest BCUT2D eigenvalue weighted by atomic mass is 35.5. The van der Waals surface area contributed by atoms with Gasteiger partial charge in [0.25, 0.3) is 5.91 Å². The van der Waals surface area contributed by atoms with Gasteiger partial charge in [-0.05, 0) is 92.6 Å². The molecule has 3 aliphatic carbocycles. The number of hydrogen-bond donors (Lipinski definition) is 2. The maximum Gasteiger partial charge on any atom is 0.277 e. The van der Waals surface area contributed by atoms with Gasteiger partial charge >= 0.3 is 0 Å². The molecule has 1 saturated heterocycles. The summed E-state index contributed by atoms with van der Waals surface area (Å²) < 4.78 is 6.07. The van der Waals surface area contributed by atoms with E-state index >= 15 is 0 Å². The summed E-state index contributed by atoms with van der Waals surface area (Å²) in [6, 6.07) is 17.6. The number of benzene rings is 3. The summed E-state index contributed by atoms with van der Waals surface area (Å²) in [5.74, 6) is -0.491. The maximum absolute atomic E-state index is 14.2. The minimum Gasteiger partial charge on any atom is -0.496 e. The number of rotatable bonds is 14. The van der Waals surface area contributed by atoms with Crippen LogP contribution in [0.25, 0.3) is 11.1 Å². The van der Waals surface area contributed by atoms with Crippen LogP contribution >= 0.6 is 11.6 Å². The summed E-state index contributed by atoms with van der Waals surface area (Å²) in [5.41, 5.74) is 6.24. The molecule has 0 aromatic heterocycles. The van der Waals surface area contributed by atoms with Gasteiger partial charge < -0.3 is 25.0 Å². The Morgan fingerprint density at radius 2 is 1.79 bits per heavy atom. The van der Waals surface area contributed by atoms with Crippen molar-refractivity contribution in [1.29, 1.82) is 0 Å². The van der Waals surface area contributed by atoms with E-state index < -0.39 is 24.7 Å². The highest BCUT2D eigenvalue weighted by molar-refractivity contribution is 6.30. The van der Waals surface area contributed by atoms with Gasteiger partial charge in [0.15, 0.2) is 0 Å². The Kier molecular flexibility index (Phi) is 12.8. The zero-order valence-electron chi connectivity index (χ0n) is 34.3. The quantitative estimate of drug-likeness (QED) is 0.144. The molecule has 4 aliphatic rings. The van der Waals surface area contributed by atoms with Crippen molar-refractivity contribution in [2.75, 3.05) is 53.4 Å². The van der Waals surface area contributed by atoms with Gasteiger partial charge in [-0.2, -0.15) is 5.06 Å². The van der Waals surface area contributed by atoms with Crippen LogP contribution in [0.5, 0.6) is 5.75 Å². The first-order chi connectivity index (χ1) is 27.0. The van der Waals surface area contributed by atoms with Gasteiger partial charge in [-0.3, -0.25) is 19.2 Å². The molecule has 0 spiro atoms.